The topological polar surface area (TPSA) is 59.1 Å². The Kier molecular flexibility index (Phi) is 6.11. The van der Waals surface area contributed by atoms with Crippen LogP contribution in [0.5, 0.6) is 0 Å². The van der Waals surface area contributed by atoms with Crippen LogP contribution in [-0.2, 0) is 22.9 Å². The van der Waals surface area contributed by atoms with Crippen molar-refractivity contribution in [2.45, 2.75) is 33.1 Å². The minimum Gasteiger partial charge on any atom is -0.246 e. The lowest BCUT2D eigenvalue weighted by atomic mass is 10.1. The molecule has 0 unspecified atom stereocenters. The molecule has 0 saturated carbocycles. The standard InChI is InChI=1S/C16H22N2O2S2/c1-3-11-22(19,20)17-10-9-16-18-13(2)15(21-16)12-14-7-5-4-6-8-14/h4-8,17H,3,9-12H2,1-2H3. The fraction of sp³-hybridized carbons (Fsp3) is 0.438. The molecule has 0 fully saturated rings. The van der Waals surface area contributed by atoms with Crippen molar-refractivity contribution in [3.63, 3.8) is 0 Å². The van der Waals surface area contributed by atoms with Gasteiger partial charge < -0.3 is 0 Å². The van der Waals surface area contributed by atoms with Gasteiger partial charge in [0, 0.05) is 24.3 Å². The van der Waals surface area contributed by atoms with E-state index in [9.17, 15) is 8.42 Å². The Morgan fingerprint density at radius 3 is 2.64 bits per heavy atom. The normalized spacial score (nSPS) is 11.7. The number of aromatic nitrogens is 1. The summed E-state index contributed by atoms with van der Waals surface area (Å²) < 4.78 is 25.8. The predicted octanol–water partition coefficient (Wildman–Crippen LogP) is 2.91. The summed E-state index contributed by atoms with van der Waals surface area (Å²) in [5, 5.41) is 0.989. The Bertz CT molecular complexity index is 694. The molecular weight excluding hydrogens is 316 g/mol. The molecule has 0 amide bonds. The second kappa shape index (κ2) is 7.85. The highest BCUT2D eigenvalue weighted by Crippen LogP contribution is 2.21. The van der Waals surface area contributed by atoms with Crippen molar-refractivity contribution < 1.29 is 8.42 Å². The first-order valence-corrected chi connectivity index (χ1v) is 9.93. The Morgan fingerprint density at radius 2 is 1.95 bits per heavy atom. The molecule has 4 nitrogen and oxygen atoms in total. The number of benzene rings is 1. The SMILES string of the molecule is CCCS(=O)(=O)NCCc1nc(C)c(Cc2ccccc2)s1. The second-order valence-corrected chi connectivity index (χ2v) is 8.34. The molecule has 1 heterocycles. The molecule has 22 heavy (non-hydrogen) atoms. The number of thiazole rings is 1. The van der Waals surface area contributed by atoms with Crippen molar-refractivity contribution in [2.75, 3.05) is 12.3 Å². The third-order valence-electron chi connectivity index (χ3n) is 3.28. The molecule has 0 aliphatic rings. The number of hydrogen-bond acceptors (Lipinski definition) is 4. The monoisotopic (exact) mass is 338 g/mol. The summed E-state index contributed by atoms with van der Waals surface area (Å²) >= 11 is 1.67. The number of rotatable bonds is 8. The van der Waals surface area contributed by atoms with Gasteiger partial charge in [-0.1, -0.05) is 37.3 Å². The highest BCUT2D eigenvalue weighted by atomic mass is 32.2. The molecule has 1 aromatic carbocycles. The smallest absolute Gasteiger partial charge is 0.211 e. The Balaban J connectivity index is 1.93. The van der Waals surface area contributed by atoms with Gasteiger partial charge in [-0.15, -0.1) is 11.3 Å². The van der Waals surface area contributed by atoms with E-state index in [1.54, 1.807) is 11.3 Å². The summed E-state index contributed by atoms with van der Waals surface area (Å²) in [6, 6.07) is 10.3. The average Bonchev–Trinajstić information content (AvgIpc) is 2.80. The van der Waals surface area contributed by atoms with Crippen LogP contribution in [0.4, 0.5) is 0 Å². The van der Waals surface area contributed by atoms with Crippen molar-refractivity contribution in [3.8, 4) is 0 Å². The van der Waals surface area contributed by atoms with Gasteiger partial charge in [0.2, 0.25) is 10.0 Å². The van der Waals surface area contributed by atoms with Gasteiger partial charge in [-0.05, 0) is 18.9 Å². The van der Waals surface area contributed by atoms with Gasteiger partial charge in [-0.2, -0.15) is 0 Å². The molecule has 0 bridgehead atoms. The summed E-state index contributed by atoms with van der Waals surface area (Å²) in [7, 11) is -3.13. The van der Waals surface area contributed by atoms with Crippen molar-refractivity contribution in [2.24, 2.45) is 0 Å². The van der Waals surface area contributed by atoms with Crippen LogP contribution in [0.2, 0.25) is 0 Å². The van der Waals surface area contributed by atoms with Crippen LogP contribution < -0.4 is 4.72 Å². The van der Waals surface area contributed by atoms with Crippen LogP contribution in [0, 0.1) is 6.92 Å². The van der Waals surface area contributed by atoms with E-state index in [4.69, 9.17) is 0 Å². The van der Waals surface area contributed by atoms with Crippen molar-refractivity contribution in [1.82, 2.24) is 9.71 Å². The minimum atomic E-state index is -3.13. The van der Waals surface area contributed by atoms with Crippen molar-refractivity contribution in [1.29, 1.82) is 0 Å². The van der Waals surface area contributed by atoms with Crippen LogP contribution in [0.3, 0.4) is 0 Å². The highest BCUT2D eigenvalue weighted by Gasteiger charge is 2.11. The number of sulfonamides is 1. The van der Waals surface area contributed by atoms with E-state index in [0.29, 0.717) is 19.4 Å². The third-order valence-corrected chi connectivity index (χ3v) is 6.08. The molecule has 0 spiro atoms. The lowest BCUT2D eigenvalue weighted by Crippen LogP contribution is -2.28. The Labute approximate surface area is 136 Å². The largest absolute Gasteiger partial charge is 0.246 e. The number of nitrogens with one attached hydrogen (secondary N) is 1. The minimum absolute atomic E-state index is 0.184. The van der Waals surface area contributed by atoms with E-state index in [1.165, 1.54) is 10.4 Å². The zero-order chi connectivity index (χ0) is 16.0. The van der Waals surface area contributed by atoms with Crippen molar-refractivity contribution >= 4 is 21.4 Å². The zero-order valence-electron chi connectivity index (χ0n) is 13.0. The van der Waals surface area contributed by atoms with Gasteiger partial charge in [0.15, 0.2) is 0 Å². The van der Waals surface area contributed by atoms with Crippen LogP contribution in [0.15, 0.2) is 30.3 Å². The Morgan fingerprint density at radius 1 is 1.23 bits per heavy atom. The van der Waals surface area contributed by atoms with Gasteiger partial charge in [0.1, 0.15) is 0 Å². The fourth-order valence-corrected chi connectivity index (χ4v) is 4.39. The molecular formula is C16H22N2O2S2. The Hall–Kier alpha value is -1.24. The lowest BCUT2D eigenvalue weighted by molar-refractivity contribution is 0.580. The second-order valence-electron chi connectivity index (χ2n) is 5.24. The molecule has 2 aromatic rings. The number of hydrogen-bond donors (Lipinski definition) is 1. The van der Waals surface area contributed by atoms with E-state index < -0.39 is 10.0 Å². The lowest BCUT2D eigenvalue weighted by Gasteiger charge is -2.03. The molecule has 1 aromatic heterocycles. The first-order chi connectivity index (χ1) is 10.5. The van der Waals surface area contributed by atoms with Crippen LogP contribution in [-0.4, -0.2) is 25.7 Å². The van der Waals surface area contributed by atoms with Crippen molar-refractivity contribution in [3.05, 3.63) is 51.5 Å². The van der Waals surface area contributed by atoms with Gasteiger partial charge >= 0.3 is 0 Å². The highest BCUT2D eigenvalue weighted by molar-refractivity contribution is 7.89. The van der Waals surface area contributed by atoms with Crippen LogP contribution >= 0.6 is 11.3 Å². The quantitative estimate of drug-likeness (QED) is 0.805. The fourth-order valence-electron chi connectivity index (χ4n) is 2.19. The molecule has 0 saturated heterocycles. The van der Waals surface area contributed by atoms with Gasteiger partial charge in [-0.25, -0.2) is 18.1 Å². The molecule has 2 rings (SSSR count). The average molecular weight is 338 g/mol. The predicted molar refractivity (Wildman–Crippen MR) is 91.9 cm³/mol. The van der Waals surface area contributed by atoms with Crippen LogP contribution in [0.25, 0.3) is 0 Å². The van der Waals surface area contributed by atoms with Gasteiger partial charge in [0.05, 0.1) is 16.5 Å². The maximum absolute atomic E-state index is 11.6. The van der Waals surface area contributed by atoms with E-state index >= 15 is 0 Å². The summed E-state index contributed by atoms with van der Waals surface area (Å²) in [5.74, 6) is 0.184. The van der Waals surface area contributed by atoms with E-state index in [2.05, 4.69) is 21.8 Å². The molecule has 120 valence electrons. The van der Waals surface area contributed by atoms with Gasteiger partial charge in [-0.3, -0.25) is 0 Å². The summed E-state index contributed by atoms with van der Waals surface area (Å²) in [5.41, 5.74) is 2.31. The zero-order valence-corrected chi connectivity index (χ0v) is 14.6. The van der Waals surface area contributed by atoms with E-state index in [-0.39, 0.29) is 5.75 Å². The summed E-state index contributed by atoms with van der Waals surface area (Å²) in [6.07, 6.45) is 2.15. The van der Waals surface area contributed by atoms with Gasteiger partial charge in [0.25, 0.3) is 0 Å². The first-order valence-electron chi connectivity index (χ1n) is 7.46. The molecule has 0 aliphatic carbocycles. The third kappa shape index (κ3) is 5.19. The van der Waals surface area contributed by atoms with Crippen LogP contribution in [0.1, 0.15) is 34.5 Å². The maximum atomic E-state index is 11.6. The van der Waals surface area contributed by atoms with E-state index in [0.717, 1.165) is 17.1 Å². The summed E-state index contributed by atoms with van der Waals surface area (Å²) in [6.45, 7) is 4.29. The molecule has 0 atom stereocenters. The molecule has 6 heteroatoms. The number of aryl methyl sites for hydroxylation is 1. The maximum Gasteiger partial charge on any atom is 0.211 e. The first kappa shape index (κ1) is 17.1. The molecule has 0 radical (unpaired) electrons. The molecule has 1 N–H and O–H groups in total. The summed E-state index contributed by atoms with van der Waals surface area (Å²) in [4.78, 5) is 5.80. The van der Waals surface area contributed by atoms with E-state index in [1.807, 2.05) is 32.0 Å². The molecule has 0 aliphatic heterocycles. The number of nitrogens with zero attached hydrogens (tertiary/aromatic N) is 1.